The summed E-state index contributed by atoms with van der Waals surface area (Å²) in [6.45, 7) is 3.96. The molecule has 1 aromatic carbocycles. The first-order chi connectivity index (χ1) is 12.6. The maximum absolute atomic E-state index is 12.9. The lowest BCUT2D eigenvalue weighted by Gasteiger charge is -2.11. The molecule has 3 aromatic rings. The van der Waals surface area contributed by atoms with Gasteiger partial charge >= 0.3 is 0 Å². The molecule has 0 atom stereocenters. The third kappa shape index (κ3) is 3.43. The van der Waals surface area contributed by atoms with E-state index in [0.29, 0.717) is 10.1 Å². The van der Waals surface area contributed by atoms with Gasteiger partial charge in [0.25, 0.3) is 5.91 Å². The van der Waals surface area contributed by atoms with Crippen LogP contribution < -0.4 is 5.32 Å². The summed E-state index contributed by atoms with van der Waals surface area (Å²) < 4.78 is 2.50. The van der Waals surface area contributed by atoms with Crippen molar-refractivity contribution in [3.8, 4) is 5.13 Å². The zero-order valence-electron chi connectivity index (χ0n) is 14.6. The van der Waals surface area contributed by atoms with Gasteiger partial charge in [-0.2, -0.15) is 0 Å². The molecule has 4 nitrogen and oxygen atoms in total. The average molecular weight is 402 g/mol. The smallest absolute Gasteiger partial charge is 0.257 e. The molecule has 3 heterocycles. The second-order valence-corrected chi connectivity index (χ2v) is 9.69. The maximum atomic E-state index is 12.9. The Kier molecular flexibility index (Phi) is 5.11. The van der Waals surface area contributed by atoms with E-state index in [1.165, 1.54) is 17.1 Å². The van der Waals surface area contributed by atoms with E-state index in [-0.39, 0.29) is 5.91 Å². The van der Waals surface area contributed by atoms with Crippen LogP contribution in [0, 0.1) is 13.8 Å². The molecule has 134 valence electrons. The van der Waals surface area contributed by atoms with Crippen LogP contribution >= 0.6 is 34.9 Å². The van der Waals surface area contributed by atoms with Crippen LogP contribution in [0.2, 0.25) is 0 Å². The van der Waals surface area contributed by atoms with Crippen LogP contribution in [0.15, 0.2) is 41.9 Å². The van der Waals surface area contributed by atoms with Gasteiger partial charge in [0.05, 0.1) is 10.1 Å². The highest BCUT2D eigenvalue weighted by Crippen LogP contribution is 2.45. The van der Waals surface area contributed by atoms with E-state index in [2.05, 4.69) is 22.4 Å². The summed E-state index contributed by atoms with van der Waals surface area (Å²) in [6.07, 6.45) is 1.78. The number of hydrogen-bond acceptors (Lipinski definition) is 5. The Bertz CT molecular complexity index is 928. The number of carbonyl (C=O) groups excluding carboxylic acids is 1. The number of amides is 1. The molecule has 0 radical (unpaired) electrons. The number of aromatic nitrogens is 2. The Hall–Kier alpha value is -1.70. The molecular weight excluding hydrogens is 382 g/mol. The highest BCUT2D eigenvalue weighted by molar-refractivity contribution is 8.19. The van der Waals surface area contributed by atoms with Crippen molar-refractivity contribution in [3.63, 3.8) is 0 Å². The van der Waals surface area contributed by atoms with Gasteiger partial charge in [0.15, 0.2) is 5.13 Å². The molecule has 1 fully saturated rings. The minimum atomic E-state index is -0.0789. The van der Waals surface area contributed by atoms with E-state index in [0.717, 1.165) is 22.2 Å². The van der Waals surface area contributed by atoms with Crippen LogP contribution in [0.1, 0.15) is 31.9 Å². The van der Waals surface area contributed by atoms with E-state index in [4.69, 9.17) is 0 Å². The number of nitrogens with one attached hydrogen (secondary N) is 1. The molecule has 1 N–H and O–H groups in total. The molecule has 4 rings (SSSR count). The van der Waals surface area contributed by atoms with Crippen molar-refractivity contribution in [1.29, 1.82) is 0 Å². The zero-order valence-corrected chi connectivity index (χ0v) is 17.0. The molecule has 0 saturated carbocycles. The van der Waals surface area contributed by atoms with E-state index in [1.54, 1.807) is 17.5 Å². The summed E-state index contributed by atoms with van der Waals surface area (Å²) in [4.78, 5) is 17.2. The predicted octanol–water partition coefficient (Wildman–Crippen LogP) is 5.28. The second-order valence-electron chi connectivity index (χ2n) is 6.09. The van der Waals surface area contributed by atoms with Crippen LogP contribution in [0.25, 0.3) is 5.13 Å². The van der Waals surface area contributed by atoms with Crippen molar-refractivity contribution in [2.24, 2.45) is 0 Å². The lowest BCUT2D eigenvalue weighted by atomic mass is 10.2. The lowest BCUT2D eigenvalue weighted by Crippen LogP contribution is -2.13. The summed E-state index contributed by atoms with van der Waals surface area (Å²) in [5.41, 5.74) is 4.72. The average Bonchev–Trinajstić information content (AvgIpc) is 3.36. The van der Waals surface area contributed by atoms with Gasteiger partial charge in [-0.1, -0.05) is 12.1 Å². The number of thiazole rings is 1. The van der Waals surface area contributed by atoms with Crippen molar-refractivity contribution in [3.05, 3.63) is 64.4 Å². The number of thioether (sulfide) groups is 2. The number of anilines is 1. The first-order valence-corrected chi connectivity index (χ1v) is 11.3. The minimum Gasteiger partial charge on any atom is -0.322 e. The molecule has 0 aliphatic carbocycles. The van der Waals surface area contributed by atoms with Crippen molar-refractivity contribution in [1.82, 2.24) is 9.55 Å². The molecule has 2 aromatic heterocycles. The van der Waals surface area contributed by atoms with Gasteiger partial charge in [0.1, 0.15) is 0 Å². The standard InChI is InChI=1S/C19H19N3OS3/c1-12-10-16(13(2)22(12)19-20-6-7-26-19)17(23)21-15-5-3-4-14(11-15)18-24-8-9-25-18/h3-7,10-11,18H,8-9H2,1-2H3,(H,21,23). The molecule has 1 saturated heterocycles. The number of benzene rings is 1. The lowest BCUT2D eigenvalue weighted by molar-refractivity contribution is 0.102. The van der Waals surface area contributed by atoms with Gasteiger partial charge in [-0.3, -0.25) is 9.36 Å². The molecule has 1 amide bonds. The summed E-state index contributed by atoms with van der Waals surface area (Å²) in [7, 11) is 0. The van der Waals surface area contributed by atoms with E-state index in [1.807, 2.05) is 65.5 Å². The van der Waals surface area contributed by atoms with Crippen LogP contribution in [-0.2, 0) is 0 Å². The Morgan fingerprint density at radius 1 is 1.23 bits per heavy atom. The van der Waals surface area contributed by atoms with Crippen molar-refractivity contribution < 1.29 is 4.79 Å². The van der Waals surface area contributed by atoms with Crippen LogP contribution in [0.5, 0.6) is 0 Å². The third-order valence-corrected chi connectivity index (χ3v) is 8.19. The summed E-state index contributed by atoms with van der Waals surface area (Å²) >= 11 is 5.50. The summed E-state index contributed by atoms with van der Waals surface area (Å²) in [5, 5.41) is 5.89. The molecular formula is C19H19N3OS3. The Labute approximate surface area is 165 Å². The third-order valence-electron chi connectivity index (χ3n) is 4.32. The highest BCUT2D eigenvalue weighted by atomic mass is 32.2. The van der Waals surface area contributed by atoms with Gasteiger partial charge in [-0.15, -0.1) is 34.9 Å². The van der Waals surface area contributed by atoms with Crippen LogP contribution in [-0.4, -0.2) is 27.0 Å². The topological polar surface area (TPSA) is 46.9 Å². The minimum absolute atomic E-state index is 0.0789. The van der Waals surface area contributed by atoms with Crippen molar-refractivity contribution >= 4 is 46.5 Å². The van der Waals surface area contributed by atoms with Crippen molar-refractivity contribution in [2.45, 2.75) is 18.4 Å². The fourth-order valence-electron chi connectivity index (χ4n) is 3.13. The van der Waals surface area contributed by atoms with Crippen LogP contribution in [0.4, 0.5) is 5.69 Å². The molecule has 0 unspecified atom stereocenters. The number of rotatable bonds is 4. The second kappa shape index (κ2) is 7.50. The van der Waals surface area contributed by atoms with Gasteiger partial charge < -0.3 is 5.32 Å². The largest absolute Gasteiger partial charge is 0.322 e. The quantitative estimate of drug-likeness (QED) is 0.646. The number of carbonyl (C=O) groups is 1. The Balaban J connectivity index is 1.57. The first kappa shape index (κ1) is 17.7. The van der Waals surface area contributed by atoms with Crippen LogP contribution in [0.3, 0.4) is 0 Å². The molecule has 26 heavy (non-hydrogen) atoms. The molecule has 1 aliphatic heterocycles. The van der Waals surface area contributed by atoms with Gasteiger partial charge in [0.2, 0.25) is 0 Å². The molecule has 0 bridgehead atoms. The van der Waals surface area contributed by atoms with Gasteiger partial charge in [-0.25, -0.2) is 4.98 Å². The SMILES string of the molecule is Cc1cc(C(=O)Nc2cccc(C3SCCS3)c2)c(C)n1-c1nccs1. The highest BCUT2D eigenvalue weighted by Gasteiger charge is 2.20. The monoisotopic (exact) mass is 401 g/mol. The van der Waals surface area contributed by atoms with E-state index in [9.17, 15) is 4.79 Å². The normalized spacial score (nSPS) is 14.7. The fourth-order valence-corrected chi connectivity index (χ4v) is 6.72. The predicted molar refractivity (Wildman–Crippen MR) is 113 cm³/mol. The van der Waals surface area contributed by atoms with Crippen molar-refractivity contribution in [2.75, 3.05) is 16.8 Å². The molecule has 1 aliphatic rings. The maximum Gasteiger partial charge on any atom is 0.257 e. The number of hydrogen-bond donors (Lipinski definition) is 1. The first-order valence-electron chi connectivity index (χ1n) is 8.37. The molecule has 0 spiro atoms. The summed E-state index contributed by atoms with van der Waals surface area (Å²) in [5.74, 6) is 2.30. The Morgan fingerprint density at radius 2 is 2.04 bits per heavy atom. The zero-order chi connectivity index (χ0) is 18.1. The van der Waals surface area contributed by atoms with E-state index >= 15 is 0 Å². The summed E-state index contributed by atoms with van der Waals surface area (Å²) in [6, 6.07) is 10.1. The number of nitrogens with zero attached hydrogens (tertiary/aromatic N) is 2. The molecule has 7 heteroatoms. The van der Waals surface area contributed by atoms with E-state index < -0.39 is 0 Å². The Morgan fingerprint density at radius 3 is 2.77 bits per heavy atom. The number of aryl methyl sites for hydroxylation is 1. The van der Waals surface area contributed by atoms with Gasteiger partial charge in [-0.05, 0) is 37.6 Å². The fraction of sp³-hybridized carbons (Fsp3) is 0.263. The van der Waals surface area contributed by atoms with Gasteiger partial charge in [0, 0.05) is 40.2 Å².